The van der Waals surface area contributed by atoms with Crippen LogP contribution in [-0.2, 0) is 0 Å². The van der Waals surface area contributed by atoms with Gasteiger partial charge in [0, 0.05) is 27.4 Å². The molecule has 4 aromatic carbocycles. The summed E-state index contributed by atoms with van der Waals surface area (Å²) in [4.78, 5) is 0. The summed E-state index contributed by atoms with van der Waals surface area (Å²) in [6, 6.07) is 30.6. The molecule has 0 saturated heterocycles. The van der Waals surface area contributed by atoms with Crippen molar-refractivity contribution >= 4 is 56.1 Å². The van der Waals surface area contributed by atoms with E-state index in [1.165, 1.54) is 54.9 Å². The van der Waals surface area contributed by atoms with Crippen LogP contribution in [0.25, 0.3) is 49.6 Å². The van der Waals surface area contributed by atoms with Gasteiger partial charge in [-0.2, -0.15) is 0 Å². The normalized spacial score (nSPS) is 13.4. The first kappa shape index (κ1) is 14.3. The molecule has 2 nitrogen and oxygen atoms in total. The Balaban J connectivity index is 1.68. The number of hydrogen-bond donors (Lipinski definition) is 0. The number of fused-ring (bicyclic) bond motifs is 11. The van der Waals surface area contributed by atoms with Crippen LogP contribution in [0, 0.1) is 0 Å². The third kappa shape index (κ3) is 1.48. The summed E-state index contributed by atoms with van der Waals surface area (Å²) in [5, 5.41) is 3.86. The van der Waals surface area contributed by atoms with Gasteiger partial charge in [0.2, 0.25) is 0 Å². The van der Waals surface area contributed by atoms with Crippen LogP contribution in [0.1, 0.15) is 0 Å². The molecule has 4 heterocycles. The zero-order valence-corrected chi connectivity index (χ0v) is 15.5. The Morgan fingerprint density at radius 2 is 1.48 bits per heavy atom. The molecule has 0 atom stereocenters. The predicted octanol–water partition coefficient (Wildman–Crippen LogP) is 4.34. The number of para-hydroxylation sites is 3. The van der Waals surface area contributed by atoms with Crippen molar-refractivity contribution in [3.8, 4) is 16.8 Å². The summed E-state index contributed by atoms with van der Waals surface area (Å²) in [6.07, 6.45) is 0. The van der Waals surface area contributed by atoms with Gasteiger partial charge in [-0.05, 0) is 34.7 Å². The first-order valence-electron chi connectivity index (χ1n) is 10.1. The van der Waals surface area contributed by atoms with Crippen LogP contribution in [0.15, 0.2) is 89.3 Å². The molecule has 2 aromatic heterocycles. The number of nitrogens with zero attached hydrogens (tertiary/aromatic N) is 1. The van der Waals surface area contributed by atoms with Gasteiger partial charge in [0.1, 0.15) is 5.58 Å². The first-order chi connectivity index (χ1) is 14.4. The van der Waals surface area contributed by atoms with Gasteiger partial charge in [-0.3, -0.25) is 0 Å². The molecule has 0 bridgehead atoms. The van der Waals surface area contributed by atoms with E-state index >= 15 is 0 Å². The Bertz CT molecular complexity index is 1670. The highest BCUT2D eigenvalue weighted by atomic mass is 16.3. The maximum Gasteiger partial charge on any atom is 0.293 e. The molecule has 0 radical (unpaired) electrons. The second-order valence-corrected chi connectivity index (χ2v) is 8.10. The summed E-state index contributed by atoms with van der Waals surface area (Å²) in [5.41, 5.74) is 11.3. The van der Waals surface area contributed by atoms with E-state index in [4.69, 9.17) is 4.42 Å². The van der Waals surface area contributed by atoms with Gasteiger partial charge in [-0.15, -0.1) is 0 Å². The average molecular weight is 367 g/mol. The summed E-state index contributed by atoms with van der Waals surface area (Å²) in [6.45, 7) is 0.157. The molecule has 0 N–H and O–H groups in total. The maximum atomic E-state index is 6.50. The van der Waals surface area contributed by atoms with Gasteiger partial charge >= 0.3 is 0 Å². The molecule has 0 fully saturated rings. The lowest BCUT2D eigenvalue weighted by Gasteiger charge is -2.23. The van der Waals surface area contributed by atoms with Crippen LogP contribution in [0.4, 0.5) is 0 Å². The summed E-state index contributed by atoms with van der Waals surface area (Å²) in [5.74, 6) is 0. The van der Waals surface area contributed by atoms with E-state index in [1.54, 1.807) is 0 Å². The highest BCUT2D eigenvalue weighted by molar-refractivity contribution is 7.01. The summed E-state index contributed by atoms with van der Waals surface area (Å²) >= 11 is 0. The SMILES string of the molecule is c1ccc2c(c1)B1c3oc4ccccc4c3-c3ccc4c5ccccc5n-2c4c31. The summed E-state index contributed by atoms with van der Waals surface area (Å²) in [7, 11) is 0. The van der Waals surface area contributed by atoms with Gasteiger partial charge < -0.3 is 8.98 Å². The second kappa shape index (κ2) is 4.64. The first-order valence-corrected chi connectivity index (χ1v) is 10.1. The predicted molar refractivity (Wildman–Crippen MR) is 121 cm³/mol. The van der Waals surface area contributed by atoms with Gasteiger partial charge in [-0.1, -0.05) is 66.7 Å². The Morgan fingerprint density at radius 3 is 2.45 bits per heavy atom. The lowest BCUT2D eigenvalue weighted by atomic mass is 9.39. The zero-order chi connectivity index (χ0) is 18.7. The van der Waals surface area contributed by atoms with Crippen molar-refractivity contribution in [2.75, 3.05) is 0 Å². The van der Waals surface area contributed by atoms with Gasteiger partial charge in [0.25, 0.3) is 6.71 Å². The van der Waals surface area contributed by atoms with Crippen molar-refractivity contribution in [2.24, 2.45) is 0 Å². The molecule has 6 aromatic rings. The van der Waals surface area contributed by atoms with Gasteiger partial charge in [-0.25, -0.2) is 0 Å². The lowest BCUT2D eigenvalue weighted by molar-refractivity contribution is 0.653. The highest BCUT2D eigenvalue weighted by Gasteiger charge is 2.44. The Kier molecular flexibility index (Phi) is 2.29. The van der Waals surface area contributed by atoms with Crippen LogP contribution in [-0.4, -0.2) is 11.3 Å². The average Bonchev–Trinajstić information content (AvgIpc) is 3.41. The topological polar surface area (TPSA) is 18.1 Å². The molecular weight excluding hydrogens is 353 g/mol. The van der Waals surface area contributed by atoms with E-state index in [1.807, 2.05) is 0 Å². The number of rotatable bonds is 0. The molecule has 0 amide bonds. The van der Waals surface area contributed by atoms with E-state index in [-0.39, 0.29) is 6.71 Å². The van der Waals surface area contributed by atoms with Crippen molar-refractivity contribution in [2.45, 2.75) is 0 Å². The molecule has 0 spiro atoms. The number of furan rings is 1. The van der Waals surface area contributed by atoms with Crippen LogP contribution in [0.3, 0.4) is 0 Å². The zero-order valence-electron chi connectivity index (χ0n) is 15.5. The quantitative estimate of drug-likeness (QED) is 0.365. The molecule has 2 aliphatic rings. The van der Waals surface area contributed by atoms with Crippen LogP contribution >= 0.6 is 0 Å². The molecule has 3 heteroatoms. The fraction of sp³-hybridized carbons (Fsp3) is 0. The van der Waals surface area contributed by atoms with Crippen LogP contribution in [0.5, 0.6) is 0 Å². The van der Waals surface area contributed by atoms with E-state index in [0.717, 1.165) is 11.2 Å². The monoisotopic (exact) mass is 367 g/mol. The van der Waals surface area contributed by atoms with E-state index in [2.05, 4.69) is 89.5 Å². The maximum absolute atomic E-state index is 6.50. The molecule has 132 valence electrons. The van der Waals surface area contributed by atoms with E-state index in [0.29, 0.717) is 0 Å². The Hall–Kier alpha value is -3.72. The second-order valence-electron chi connectivity index (χ2n) is 8.10. The molecule has 0 aliphatic carbocycles. The van der Waals surface area contributed by atoms with Crippen molar-refractivity contribution in [1.82, 2.24) is 4.57 Å². The fourth-order valence-corrected chi connectivity index (χ4v) is 5.75. The van der Waals surface area contributed by atoms with Crippen molar-refractivity contribution in [1.29, 1.82) is 0 Å². The summed E-state index contributed by atoms with van der Waals surface area (Å²) < 4.78 is 8.96. The standard InChI is InChI=1S/C26H14BNO/c1-4-10-20-15(7-1)16-13-14-18-23-17-8-2-6-12-22(17)29-26(23)27-19-9-3-5-11-21(19)28(20)25(16)24(18)27/h1-14H. The molecule has 0 saturated carbocycles. The van der Waals surface area contributed by atoms with Crippen LogP contribution < -0.4 is 16.6 Å². The fourth-order valence-electron chi connectivity index (χ4n) is 5.75. The van der Waals surface area contributed by atoms with Crippen LogP contribution in [0.2, 0.25) is 0 Å². The molecule has 29 heavy (non-hydrogen) atoms. The largest absolute Gasteiger partial charge is 0.470 e. The van der Waals surface area contributed by atoms with Crippen molar-refractivity contribution in [3.05, 3.63) is 84.9 Å². The minimum absolute atomic E-state index is 0.157. The Morgan fingerprint density at radius 1 is 0.690 bits per heavy atom. The third-order valence-electron chi connectivity index (χ3n) is 6.81. The molecule has 2 aliphatic heterocycles. The molecule has 0 unspecified atom stereocenters. The minimum atomic E-state index is 0.157. The number of benzene rings is 4. The Labute approximate surface area is 167 Å². The lowest BCUT2D eigenvalue weighted by Crippen LogP contribution is -2.52. The number of hydrogen-bond acceptors (Lipinski definition) is 1. The minimum Gasteiger partial charge on any atom is -0.470 e. The van der Waals surface area contributed by atoms with E-state index in [9.17, 15) is 0 Å². The molecular formula is C26H14BNO. The highest BCUT2D eigenvalue weighted by Crippen LogP contribution is 2.40. The third-order valence-corrected chi connectivity index (χ3v) is 6.81. The van der Waals surface area contributed by atoms with Crippen molar-refractivity contribution in [3.63, 3.8) is 0 Å². The number of aromatic nitrogens is 1. The smallest absolute Gasteiger partial charge is 0.293 e. The van der Waals surface area contributed by atoms with Gasteiger partial charge in [0.15, 0.2) is 0 Å². The molecule has 8 rings (SSSR count). The van der Waals surface area contributed by atoms with E-state index < -0.39 is 0 Å². The van der Waals surface area contributed by atoms with Crippen molar-refractivity contribution < 1.29 is 4.42 Å². The van der Waals surface area contributed by atoms with Gasteiger partial charge in [0.05, 0.1) is 16.7 Å².